The molecule has 108 valence electrons. The zero-order valence-corrected chi connectivity index (χ0v) is 12.7. The summed E-state index contributed by atoms with van der Waals surface area (Å²) in [5, 5.41) is 20.8. The highest BCUT2D eigenvalue weighted by Crippen LogP contribution is 2.40. The maximum Gasteiger partial charge on any atom is 0.310 e. The van der Waals surface area contributed by atoms with Crippen LogP contribution in [0.15, 0.2) is 0 Å². The summed E-state index contributed by atoms with van der Waals surface area (Å²) in [7, 11) is 0. The molecule has 0 saturated heterocycles. The van der Waals surface area contributed by atoms with Crippen LogP contribution in [0.5, 0.6) is 0 Å². The second kappa shape index (κ2) is 6.02. The molecular formula is C14H28O4. The van der Waals surface area contributed by atoms with Crippen LogP contribution in [-0.4, -0.2) is 28.1 Å². The minimum atomic E-state index is -1.65. The highest BCUT2D eigenvalue weighted by atomic mass is 16.7. The monoisotopic (exact) mass is 260 g/mol. The van der Waals surface area contributed by atoms with E-state index in [-0.39, 0.29) is 18.3 Å². The van der Waals surface area contributed by atoms with Gasteiger partial charge >= 0.3 is 5.97 Å². The van der Waals surface area contributed by atoms with Gasteiger partial charge in [0.15, 0.2) is 0 Å². The maximum absolute atomic E-state index is 11.7. The Labute approximate surface area is 110 Å². The molecule has 2 unspecified atom stereocenters. The van der Waals surface area contributed by atoms with Crippen molar-refractivity contribution < 1.29 is 19.7 Å². The van der Waals surface area contributed by atoms with Crippen LogP contribution in [0.2, 0.25) is 0 Å². The summed E-state index contributed by atoms with van der Waals surface area (Å²) >= 11 is 0. The molecule has 0 aromatic carbocycles. The predicted molar refractivity (Wildman–Crippen MR) is 70.8 cm³/mol. The largest absolute Gasteiger partial charge is 0.432 e. The Bertz CT molecular complexity index is 284. The van der Waals surface area contributed by atoms with Gasteiger partial charge in [0.25, 0.3) is 0 Å². The first-order valence-corrected chi connectivity index (χ1v) is 6.62. The molecule has 0 heterocycles. The van der Waals surface area contributed by atoms with Crippen molar-refractivity contribution in [1.82, 2.24) is 0 Å². The van der Waals surface area contributed by atoms with E-state index in [0.29, 0.717) is 0 Å². The molecule has 0 aliphatic carbocycles. The molecule has 18 heavy (non-hydrogen) atoms. The zero-order valence-electron chi connectivity index (χ0n) is 12.7. The predicted octanol–water partition coefficient (Wildman–Crippen LogP) is 2.33. The van der Waals surface area contributed by atoms with Crippen LogP contribution in [0.1, 0.15) is 54.9 Å². The minimum Gasteiger partial charge on any atom is -0.432 e. The highest BCUT2D eigenvalue weighted by Gasteiger charge is 2.51. The lowest BCUT2D eigenvalue weighted by atomic mass is 9.72. The molecule has 0 radical (unpaired) electrons. The standard InChI is InChI=1S/C14H28O4/c1-8-14(17,18-12(16)10(4)5)13(6,7)11(15)9(2)3/h9-11,15,17H,8H2,1-7H3. The molecule has 4 heteroatoms. The number of ether oxygens (including phenoxy) is 1. The molecule has 0 fully saturated rings. The first-order valence-electron chi connectivity index (χ1n) is 6.62. The molecule has 0 rings (SSSR count). The Morgan fingerprint density at radius 2 is 1.67 bits per heavy atom. The number of carbonyl (C=O) groups excluding carboxylic acids is 1. The quantitative estimate of drug-likeness (QED) is 0.568. The minimum absolute atomic E-state index is 0.0316. The molecule has 2 N–H and O–H groups in total. The fourth-order valence-corrected chi connectivity index (χ4v) is 2.01. The van der Waals surface area contributed by atoms with Crippen molar-refractivity contribution in [2.24, 2.45) is 17.3 Å². The van der Waals surface area contributed by atoms with Gasteiger partial charge in [-0.2, -0.15) is 0 Å². The molecule has 0 saturated carbocycles. The number of carbonyl (C=O) groups is 1. The van der Waals surface area contributed by atoms with Gasteiger partial charge in [0, 0.05) is 6.42 Å². The third-order valence-corrected chi connectivity index (χ3v) is 3.60. The van der Waals surface area contributed by atoms with E-state index in [1.165, 1.54) is 0 Å². The molecule has 0 amide bonds. The molecule has 0 bridgehead atoms. The summed E-state index contributed by atoms with van der Waals surface area (Å²) in [5.74, 6) is -2.45. The van der Waals surface area contributed by atoms with Crippen molar-refractivity contribution in [2.45, 2.75) is 66.8 Å². The Morgan fingerprint density at radius 3 is 1.94 bits per heavy atom. The number of aliphatic hydroxyl groups is 2. The van der Waals surface area contributed by atoms with Crippen LogP contribution >= 0.6 is 0 Å². The van der Waals surface area contributed by atoms with Crippen LogP contribution in [0.25, 0.3) is 0 Å². The number of aliphatic hydroxyl groups excluding tert-OH is 1. The van der Waals surface area contributed by atoms with Crippen molar-refractivity contribution in [3.05, 3.63) is 0 Å². The summed E-state index contributed by atoms with van der Waals surface area (Å²) < 4.78 is 5.24. The van der Waals surface area contributed by atoms with Crippen molar-refractivity contribution in [2.75, 3.05) is 0 Å². The summed E-state index contributed by atoms with van der Waals surface area (Å²) in [4.78, 5) is 11.7. The second-order valence-electron chi connectivity index (χ2n) is 6.12. The average Bonchev–Trinajstić information content (AvgIpc) is 2.26. The van der Waals surface area contributed by atoms with E-state index in [2.05, 4.69) is 0 Å². The Kier molecular flexibility index (Phi) is 5.82. The first kappa shape index (κ1) is 17.4. The molecule has 2 atom stereocenters. The lowest BCUT2D eigenvalue weighted by Crippen LogP contribution is -2.55. The van der Waals surface area contributed by atoms with E-state index < -0.39 is 23.3 Å². The van der Waals surface area contributed by atoms with Gasteiger partial charge in [-0.3, -0.25) is 4.79 Å². The summed E-state index contributed by atoms with van der Waals surface area (Å²) in [6.07, 6.45) is -0.523. The van der Waals surface area contributed by atoms with Crippen LogP contribution in [0.4, 0.5) is 0 Å². The molecule has 0 aromatic rings. The summed E-state index contributed by atoms with van der Waals surface area (Å²) in [6, 6.07) is 0. The average molecular weight is 260 g/mol. The van der Waals surface area contributed by atoms with Gasteiger partial charge in [0.05, 0.1) is 17.4 Å². The van der Waals surface area contributed by atoms with Crippen molar-refractivity contribution in [1.29, 1.82) is 0 Å². The van der Waals surface area contributed by atoms with E-state index in [4.69, 9.17) is 4.74 Å². The van der Waals surface area contributed by atoms with Crippen LogP contribution < -0.4 is 0 Å². The van der Waals surface area contributed by atoms with E-state index in [9.17, 15) is 15.0 Å². The smallest absolute Gasteiger partial charge is 0.310 e. The molecule has 0 spiro atoms. The van der Waals surface area contributed by atoms with E-state index in [0.717, 1.165) is 0 Å². The molecule has 0 aromatic heterocycles. The van der Waals surface area contributed by atoms with Gasteiger partial charge < -0.3 is 14.9 Å². The van der Waals surface area contributed by atoms with Crippen molar-refractivity contribution in [3.8, 4) is 0 Å². The maximum atomic E-state index is 11.7. The normalized spacial score (nSPS) is 17.7. The summed E-state index contributed by atoms with van der Waals surface area (Å²) in [5.41, 5.74) is -0.930. The third-order valence-electron chi connectivity index (χ3n) is 3.60. The van der Waals surface area contributed by atoms with E-state index in [1.807, 2.05) is 13.8 Å². The second-order valence-corrected chi connectivity index (χ2v) is 6.12. The topological polar surface area (TPSA) is 66.8 Å². The number of hydrogen-bond donors (Lipinski definition) is 2. The highest BCUT2D eigenvalue weighted by molar-refractivity contribution is 5.72. The SMILES string of the molecule is CCC(O)(OC(=O)C(C)C)C(C)(C)C(O)C(C)C. The van der Waals surface area contributed by atoms with Crippen LogP contribution in [0.3, 0.4) is 0 Å². The van der Waals surface area contributed by atoms with Crippen molar-refractivity contribution >= 4 is 5.97 Å². The van der Waals surface area contributed by atoms with E-state index in [1.54, 1.807) is 34.6 Å². The molecule has 0 aliphatic rings. The van der Waals surface area contributed by atoms with Crippen molar-refractivity contribution in [3.63, 3.8) is 0 Å². The molecular weight excluding hydrogens is 232 g/mol. The third kappa shape index (κ3) is 3.45. The number of esters is 1. The van der Waals surface area contributed by atoms with E-state index >= 15 is 0 Å². The van der Waals surface area contributed by atoms with Gasteiger partial charge in [-0.1, -0.05) is 48.5 Å². The van der Waals surface area contributed by atoms with Gasteiger partial charge in [0.2, 0.25) is 5.79 Å². The Morgan fingerprint density at radius 1 is 1.22 bits per heavy atom. The first-order chi connectivity index (χ1) is 7.99. The number of hydrogen-bond acceptors (Lipinski definition) is 4. The van der Waals surface area contributed by atoms with Gasteiger partial charge in [0.1, 0.15) is 0 Å². The van der Waals surface area contributed by atoms with Gasteiger partial charge in [-0.15, -0.1) is 0 Å². The Hall–Kier alpha value is -0.610. The molecule has 4 nitrogen and oxygen atoms in total. The van der Waals surface area contributed by atoms with Crippen LogP contribution in [0, 0.1) is 17.3 Å². The Balaban J connectivity index is 5.19. The van der Waals surface area contributed by atoms with Gasteiger partial charge in [-0.05, 0) is 5.92 Å². The molecule has 0 aliphatic heterocycles. The fraction of sp³-hybridized carbons (Fsp3) is 0.929. The number of rotatable bonds is 6. The lowest BCUT2D eigenvalue weighted by Gasteiger charge is -2.45. The van der Waals surface area contributed by atoms with Gasteiger partial charge in [-0.25, -0.2) is 0 Å². The zero-order chi connectivity index (χ0) is 14.7. The lowest BCUT2D eigenvalue weighted by molar-refractivity contribution is -0.280. The fourth-order valence-electron chi connectivity index (χ4n) is 2.01. The van der Waals surface area contributed by atoms with Crippen LogP contribution in [-0.2, 0) is 9.53 Å². The summed E-state index contributed by atoms with van der Waals surface area (Å²) in [6.45, 7) is 12.3.